The Kier molecular flexibility index (Phi) is 4.31. The van der Waals surface area contributed by atoms with Gasteiger partial charge in [-0.15, -0.1) is 0 Å². The van der Waals surface area contributed by atoms with Gasteiger partial charge in [0.05, 0.1) is 16.9 Å². The van der Waals surface area contributed by atoms with Gasteiger partial charge in [0.15, 0.2) is 5.82 Å². The van der Waals surface area contributed by atoms with E-state index in [-0.39, 0.29) is 5.56 Å². The topological polar surface area (TPSA) is 67.6 Å². The molecule has 1 aromatic carbocycles. The van der Waals surface area contributed by atoms with Crippen LogP contribution in [-0.2, 0) is 0 Å². The number of halogens is 4. The fourth-order valence-corrected chi connectivity index (χ4v) is 3.07. The van der Waals surface area contributed by atoms with E-state index in [4.69, 9.17) is 5.73 Å². The van der Waals surface area contributed by atoms with Crippen LogP contribution in [0.1, 0.15) is 0 Å². The van der Waals surface area contributed by atoms with Gasteiger partial charge < -0.3 is 10.7 Å². The summed E-state index contributed by atoms with van der Waals surface area (Å²) in [5.74, 6) is -4.68. The number of hydrogen-bond donors (Lipinski definition) is 2. The molecule has 28 heavy (non-hydrogen) atoms. The SMILES string of the molecule is Nc1c(F)nc(F)c(F)c1-c1c[nH]c(-c2ccc(F)cc2)c1-c1ccncc1. The average molecular weight is 384 g/mol. The first-order valence-corrected chi connectivity index (χ1v) is 8.15. The Bertz CT molecular complexity index is 1130. The van der Waals surface area contributed by atoms with Crippen LogP contribution < -0.4 is 5.73 Å². The second kappa shape index (κ2) is 6.80. The molecule has 0 unspecified atom stereocenters. The summed E-state index contributed by atoms with van der Waals surface area (Å²) in [5, 5.41) is 0. The van der Waals surface area contributed by atoms with Gasteiger partial charge in [0.1, 0.15) is 5.82 Å². The molecule has 0 radical (unpaired) electrons. The maximum absolute atomic E-state index is 14.5. The van der Waals surface area contributed by atoms with Crippen LogP contribution in [0.3, 0.4) is 0 Å². The lowest BCUT2D eigenvalue weighted by atomic mass is 9.94. The van der Waals surface area contributed by atoms with Crippen LogP contribution in [-0.4, -0.2) is 15.0 Å². The number of anilines is 1. The van der Waals surface area contributed by atoms with E-state index < -0.39 is 34.8 Å². The molecule has 140 valence electrons. The standard InChI is InChI=1S/C20H12F4N4/c21-12-3-1-11(2-4-12)18-14(10-5-7-26-8-6-10)13(9-27-18)15-16(22)19(23)28-20(24)17(15)25/h1-9,27H,25H2. The molecule has 0 atom stereocenters. The van der Waals surface area contributed by atoms with Crippen molar-refractivity contribution in [3.05, 3.63) is 78.5 Å². The summed E-state index contributed by atoms with van der Waals surface area (Å²) < 4.78 is 55.5. The molecule has 4 aromatic rings. The van der Waals surface area contributed by atoms with Gasteiger partial charge in [0, 0.05) is 29.7 Å². The summed E-state index contributed by atoms with van der Waals surface area (Å²) in [4.78, 5) is 9.76. The van der Waals surface area contributed by atoms with Gasteiger partial charge in [-0.3, -0.25) is 4.98 Å². The maximum Gasteiger partial charge on any atom is 0.252 e. The minimum Gasteiger partial charge on any atom is -0.394 e. The first-order valence-electron chi connectivity index (χ1n) is 8.15. The monoisotopic (exact) mass is 384 g/mol. The number of H-pyrrole nitrogens is 1. The van der Waals surface area contributed by atoms with E-state index in [0.717, 1.165) is 0 Å². The number of nitrogen functional groups attached to an aromatic ring is 1. The largest absolute Gasteiger partial charge is 0.394 e. The van der Waals surface area contributed by atoms with Gasteiger partial charge in [-0.25, -0.2) is 8.78 Å². The van der Waals surface area contributed by atoms with Crippen LogP contribution in [0.2, 0.25) is 0 Å². The van der Waals surface area contributed by atoms with E-state index in [1.54, 1.807) is 12.1 Å². The van der Waals surface area contributed by atoms with Crippen molar-refractivity contribution in [2.75, 3.05) is 5.73 Å². The summed E-state index contributed by atoms with van der Waals surface area (Å²) in [6, 6.07) is 8.91. The Morgan fingerprint density at radius 2 is 1.46 bits per heavy atom. The van der Waals surface area contributed by atoms with Crippen molar-refractivity contribution in [3.8, 4) is 33.5 Å². The predicted octanol–water partition coefficient (Wildman–Crippen LogP) is 4.94. The zero-order chi connectivity index (χ0) is 19.8. The van der Waals surface area contributed by atoms with Crippen LogP contribution in [0.15, 0.2) is 55.0 Å². The number of nitrogens with two attached hydrogens (primary N) is 1. The molecule has 0 amide bonds. The molecule has 0 saturated heterocycles. The molecule has 8 heteroatoms. The minimum absolute atomic E-state index is 0.140. The second-order valence-electron chi connectivity index (χ2n) is 5.99. The first kappa shape index (κ1) is 17.7. The Labute approximate surface area is 156 Å². The number of nitrogens with one attached hydrogen (secondary N) is 1. The summed E-state index contributed by atoms with van der Waals surface area (Å²) in [6.07, 6.45) is 4.43. The highest BCUT2D eigenvalue weighted by molar-refractivity contribution is 5.96. The molecule has 3 heterocycles. The van der Waals surface area contributed by atoms with Crippen LogP contribution >= 0.6 is 0 Å². The second-order valence-corrected chi connectivity index (χ2v) is 5.99. The van der Waals surface area contributed by atoms with Crippen LogP contribution in [0, 0.1) is 23.5 Å². The minimum atomic E-state index is -1.59. The molecule has 0 aliphatic rings. The molecule has 4 nitrogen and oxygen atoms in total. The van der Waals surface area contributed by atoms with Crippen LogP contribution in [0.4, 0.5) is 23.2 Å². The van der Waals surface area contributed by atoms with E-state index in [9.17, 15) is 17.6 Å². The number of aromatic nitrogens is 3. The highest BCUT2D eigenvalue weighted by atomic mass is 19.2. The summed E-state index contributed by atoms with van der Waals surface area (Å²) >= 11 is 0. The lowest BCUT2D eigenvalue weighted by molar-refractivity contribution is 0.452. The Morgan fingerprint density at radius 3 is 2.14 bits per heavy atom. The number of benzene rings is 1. The third-order valence-electron chi connectivity index (χ3n) is 4.34. The summed E-state index contributed by atoms with van der Waals surface area (Å²) in [5.41, 5.74) is 6.89. The summed E-state index contributed by atoms with van der Waals surface area (Å²) in [6.45, 7) is 0. The third kappa shape index (κ3) is 2.88. The van der Waals surface area contributed by atoms with Crippen molar-refractivity contribution in [1.82, 2.24) is 15.0 Å². The van der Waals surface area contributed by atoms with Crippen molar-refractivity contribution in [1.29, 1.82) is 0 Å². The third-order valence-corrected chi connectivity index (χ3v) is 4.34. The van der Waals surface area contributed by atoms with E-state index in [2.05, 4.69) is 15.0 Å². The lowest BCUT2D eigenvalue weighted by Gasteiger charge is -2.12. The van der Waals surface area contributed by atoms with Crippen LogP contribution in [0.5, 0.6) is 0 Å². The summed E-state index contributed by atoms with van der Waals surface area (Å²) in [7, 11) is 0. The van der Waals surface area contributed by atoms with Crippen molar-refractivity contribution in [3.63, 3.8) is 0 Å². The fraction of sp³-hybridized carbons (Fsp3) is 0. The Hall–Kier alpha value is -3.68. The normalized spacial score (nSPS) is 11.0. The molecule has 4 rings (SSSR count). The zero-order valence-corrected chi connectivity index (χ0v) is 14.2. The molecule has 0 bridgehead atoms. The van der Waals surface area contributed by atoms with Gasteiger partial charge in [0.2, 0.25) is 5.95 Å². The van der Waals surface area contributed by atoms with Crippen LogP contribution in [0.25, 0.3) is 33.5 Å². The zero-order valence-electron chi connectivity index (χ0n) is 14.2. The fourth-order valence-electron chi connectivity index (χ4n) is 3.07. The lowest BCUT2D eigenvalue weighted by Crippen LogP contribution is -2.04. The van der Waals surface area contributed by atoms with Gasteiger partial charge in [0.25, 0.3) is 5.95 Å². The molecule has 3 aromatic heterocycles. The van der Waals surface area contributed by atoms with Crippen molar-refractivity contribution in [2.24, 2.45) is 0 Å². The quantitative estimate of drug-likeness (QED) is 0.388. The van der Waals surface area contributed by atoms with Crippen molar-refractivity contribution < 1.29 is 17.6 Å². The number of nitrogens with zero attached hydrogens (tertiary/aromatic N) is 2. The molecule has 0 spiro atoms. The predicted molar refractivity (Wildman–Crippen MR) is 96.9 cm³/mol. The Balaban J connectivity index is 2.04. The molecule has 0 aliphatic heterocycles. The van der Waals surface area contributed by atoms with Crippen molar-refractivity contribution in [2.45, 2.75) is 0 Å². The highest BCUT2D eigenvalue weighted by Gasteiger charge is 2.25. The average Bonchev–Trinajstić information content (AvgIpc) is 3.12. The smallest absolute Gasteiger partial charge is 0.252 e. The van der Waals surface area contributed by atoms with Gasteiger partial charge in [-0.1, -0.05) is 0 Å². The van der Waals surface area contributed by atoms with E-state index in [1.165, 1.54) is 42.9 Å². The number of hydrogen-bond acceptors (Lipinski definition) is 3. The molecule has 0 fully saturated rings. The Morgan fingerprint density at radius 1 is 0.786 bits per heavy atom. The van der Waals surface area contributed by atoms with Gasteiger partial charge >= 0.3 is 0 Å². The molecule has 3 N–H and O–H groups in total. The number of rotatable bonds is 3. The first-order chi connectivity index (χ1) is 13.5. The van der Waals surface area contributed by atoms with E-state index >= 15 is 0 Å². The number of pyridine rings is 2. The van der Waals surface area contributed by atoms with Crippen molar-refractivity contribution >= 4 is 5.69 Å². The van der Waals surface area contributed by atoms with E-state index in [0.29, 0.717) is 22.4 Å². The molecular formula is C20H12F4N4. The number of aromatic amines is 1. The molecular weight excluding hydrogens is 372 g/mol. The maximum atomic E-state index is 14.5. The molecule has 0 aliphatic carbocycles. The van der Waals surface area contributed by atoms with E-state index in [1.807, 2.05) is 0 Å². The van der Waals surface area contributed by atoms with Gasteiger partial charge in [-0.2, -0.15) is 13.8 Å². The van der Waals surface area contributed by atoms with Gasteiger partial charge in [-0.05, 0) is 47.5 Å². The molecule has 0 saturated carbocycles. The highest BCUT2D eigenvalue weighted by Crippen LogP contribution is 2.43.